The van der Waals surface area contributed by atoms with Gasteiger partial charge in [0.25, 0.3) is 0 Å². The Balaban J connectivity index is 1.84. The van der Waals surface area contributed by atoms with E-state index in [0.29, 0.717) is 29.5 Å². The first-order chi connectivity index (χ1) is 11.1. The van der Waals surface area contributed by atoms with Crippen LogP contribution in [0.3, 0.4) is 0 Å². The number of nitrogens with zero attached hydrogens (tertiary/aromatic N) is 1. The molecule has 0 amide bonds. The molecule has 0 saturated heterocycles. The summed E-state index contributed by atoms with van der Waals surface area (Å²) < 4.78 is 16.9. The van der Waals surface area contributed by atoms with E-state index in [1.54, 1.807) is 36.6 Å². The predicted octanol–water partition coefficient (Wildman–Crippen LogP) is 3.58. The highest BCUT2D eigenvalue weighted by atomic mass is 35.5. The van der Waals surface area contributed by atoms with Crippen molar-refractivity contribution in [1.29, 1.82) is 5.26 Å². The van der Waals surface area contributed by atoms with Gasteiger partial charge in [0.05, 0.1) is 11.6 Å². The predicted molar refractivity (Wildman–Crippen MR) is 94.4 cm³/mol. The SMILES string of the molecule is CS(=O)Cc1cc(NCCOc2ccc(C#N)cc2)ccc1Cl. The van der Waals surface area contributed by atoms with Gasteiger partial charge in [-0.15, -0.1) is 0 Å². The fraction of sp³-hybridized carbons (Fsp3) is 0.235. The van der Waals surface area contributed by atoms with Crippen LogP contribution in [0.15, 0.2) is 42.5 Å². The number of nitrogens with one attached hydrogen (secondary N) is 1. The molecule has 120 valence electrons. The molecule has 2 rings (SSSR count). The van der Waals surface area contributed by atoms with Gasteiger partial charge in [-0.2, -0.15) is 5.26 Å². The average molecular weight is 349 g/mol. The van der Waals surface area contributed by atoms with Crippen molar-refractivity contribution in [3.63, 3.8) is 0 Å². The first-order valence-corrected chi connectivity index (χ1v) is 9.14. The second-order valence-electron chi connectivity index (χ2n) is 4.94. The summed E-state index contributed by atoms with van der Waals surface area (Å²) in [4.78, 5) is 0. The normalized spacial score (nSPS) is 11.5. The van der Waals surface area contributed by atoms with Crippen LogP contribution in [-0.2, 0) is 16.6 Å². The lowest BCUT2D eigenvalue weighted by Gasteiger charge is -2.10. The molecule has 1 atom stereocenters. The first kappa shape index (κ1) is 17.3. The Labute approximate surface area is 143 Å². The monoisotopic (exact) mass is 348 g/mol. The lowest BCUT2D eigenvalue weighted by atomic mass is 10.2. The number of anilines is 1. The molecule has 0 aromatic heterocycles. The third kappa shape index (κ3) is 5.59. The Bertz CT molecular complexity index is 726. The van der Waals surface area contributed by atoms with E-state index in [-0.39, 0.29) is 0 Å². The van der Waals surface area contributed by atoms with Gasteiger partial charge in [0.2, 0.25) is 0 Å². The van der Waals surface area contributed by atoms with Crippen molar-refractivity contribution in [2.75, 3.05) is 24.7 Å². The largest absolute Gasteiger partial charge is 0.492 e. The van der Waals surface area contributed by atoms with E-state index in [9.17, 15) is 4.21 Å². The van der Waals surface area contributed by atoms with Gasteiger partial charge in [-0.25, -0.2) is 0 Å². The molecule has 2 aromatic rings. The van der Waals surface area contributed by atoms with Crippen LogP contribution in [0, 0.1) is 11.3 Å². The molecule has 0 fully saturated rings. The van der Waals surface area contributed by atoms with Crippen molar-refractivity contribution < 1.29 is 8.95 Å². The second kappa shape index (κ2) is 8.56. The summed E-state index contributed by atoms with van der Waals surface area (Å²) in [6.07, 6.45) is 1.65. The Kier molecular flexibility index (Phi) is 6.45. The van der Waals surface area contributed by atoms with Crippen LogP contribution in [0.2, 0.25) is 5.02 Å². The summed E-state index contributed by atoms with van der Waals surface area (Å²) in [5.74, 6) is 1.17. The van der Waals surface area contributed by atoms with Crippen molar-refractivity contribution >= 4 is 28.1 Å². The van der Waals surface area contributed by atoms with Crippen molar-refractivity contribution in [3.8, 4) is 11.8 Å². The maximum Gasteiger partial charge on any atom is 0.119 e. The molecule has 0 spiro atoms. The highest BCUT2D eigenvalue weighted by Crippen LogP contribution is 2.21. The van der Waals surface area contributed by atoms with E-state index in [0.717, 1.165) is 17.0 Å². The Hall–Kier alpha value is -2.03. The molecule has 0 aliphatic carbocycles. The van der Waals surface area contributed by atoms with Gasteiger partial charge in [-0.1, -0.05) is 11.6 Å². The average Bonchev–Trinajstić information content (AvgIpc) is 2.54. The minimum Gasteiger partial charge on any atom is -0.492 e. The van der Waals surface area contributed by atoms with Crippen LogP contribution >= 0.6 is 11.6 Å². The zero-order valence-electron chi connectivity index (χ0n) is 12.7. The van der Waals surface area contributed by atoms with Crippen LogP contribution in [0.5, 0.6) is 5.75 Å². The molecule has 0 aliphatic heterocycles. The van der Waals surface area contributed by atoms with Gasteiger partial charge in [0, 0.05) is 40.1 Å². The standard InChI is InChI=1S/C17H17ClN2O2S/c1-23(21)12-14-10-15(4-7-17(14)18)20-8-9-22-16-5-2-13(11-19)3-6-16/h2-7,10,20H,8-9,12H2,1H3. The zero-order valence-corrected chi connectivity index (χ0v) is 14.3. The second-order valence-corrected chi connectivity index (χ2v) is 6.78. The van der Waals surface area contributed by atoms with Gasteiger partial charge < -0.3 is 10.1 Å². The van der Waals surface area contributed by atoms with E-state index in [4.69, 9.17) is 21.6 Å². The van der Waals surface area contributed by atoms with E-state index in [1.165, 1.54) is 0 Å². The molecule has 0 aliphatic rings. The molecule has 6 heteroatoms. The third-order valence-electron chi connectivity index (χ3n) is 3.09. The van der Waals surface area contributed by atoms with E-state index in [2.05, 4.69) is 11.4 Å². The van der Waals surface area contributed by atoms with Crippen LogP contribution in [-0.4, -0.2) is 23.6 Å². The van der Waals surface area contributed by atoms with Gasteiger partial charge in [-0.3, -0.25) is 4.21 Å². The van der Waals surface area contributed by atoms with Gasteiger partial charge in [0.15, 0.2) is 0 Å². The Morgan fingerprint density at radius 3 is 2.65 bits per heavy atom. The molecule has 2 aromatic carbocycles. The molecule has 1 unspecified atom stereocenters. The fourth-order valence-corrected chi connectivity index (χ4v) is 2.94. The number of nitriles is 1. The molecule has 0 bridgehead atoms. The summed E-state index contributed by atoms with van der Waals surface area (Å²) in [7, 11) is -0.930. The Morgan fingerprint density at radius 1 is 1.26 bits per heavy atom. The van der Waals surface area contributed by atoms with Crippen LogP contribution < -0.4 is 10.1 Å². The van der Waals surface area contributed by atoms with E-state index in [1.807, 2.05) is 12.1 Å². The van der Waals surface area contributed by atoms with E-state index >= 15 is 0 Å². The molecule has 0 saturated carbocycles. The van der Waals surface area contributed by atoms with Crippen molar-refractivity contribution in [1.82, 2.24) is 0 Å². The summed E-state index contributed by atoms with van der Waals surface area (Å²) in [6, 6.07) is 14.6. The molecule has 1 N–H and O–H groups in total. The number of ether oxygens (including phenoxy) is 1. The number of hydrogen-bond donors (Lipinski definition) is 1. The first-order valence-electron chi connectivity index (χ1n) is 7.04. The fourth-order valence-electron chi connectivity index (χ4n) is 2.00. The summed E-state index contributed by atoms with van der Waals surface area (Å²) in [5, 5.41) is 12.6. The zero-order chi connectivity index (χ0) is 16.7. The molecule has 0 radical (unpaired) electrons. The minimum absolute atomic E-state index is 0.441. The number of rotatable bonds is 7. The number of hydrogen-bond acceptors (Lipinski definition) is 4. The molecule has 4 nitrogen and oxygen atoms in total. The lowest BCUT2D eigenvalue weighted by Crippen LogP contribution is -2.11. The van der Waals surface area contributed by atoms with Crippen molar-refractivity contribution in [2.24, 2.45) is 0 Å². The van der Waals surface area contributed by atoms with Crippen LogP contribution in [0.1, 0.15) is 11.1 Å². The summed E-state index contributed by atoms with van der Waals surface area (Å²) in [6.45, 7) is 1.11. The highest BCUT2D eigenvalue weighted by molar-refractivity contribution is 7.83. The highest BCUT2D eigenvalue weighted by Gasteiger charge is 2.04. The van der Waals surface area contributed by atoms with Crippen molar-refractivity contribution in [2.45, 2.75) is 5.75 Å². The topological polar surface area (TPSA) is 62.1 Å². The molecule has 23 heavy (non-hydrogen) atoms. The minimum atomic E-state index is -0.930. The number of halogens is 1. The maximum atomic E-state index is 11.3. The molecular formula is C17H17ClN2O2S. The number of benzene rings is 2. The van der Waals surface area contributed by atoms with E-state index < -0.39 is 10.8 Å². The van der Waals surface area contributed by atoms with Crippen molar-refractivity contribution in [3.05, 3.63) is 58.6 Å². The third-order valence-corrected chi connectivity index (χ3v) is 4.17. The lowest BCUT2D eigenvalue weighted by molar-refractivity contribution is 0.333. The maximum absolute atomic E-state index is 11.3. The quantitative estimate of drug-likeness (QED) is 0.777. The molecule has 0 heterocycles. The molecular weight excluding hydrogens is 332 g/mol. The smallest absolute Gasteiger partial charge is 0.119 e. The van der Waals surface area contributed by atoms with Crippen LogP contribution in [0.25, 0.3) is 0 Å². The van der Waals surface area contributed by atoms with Crippen LogP contribution in [0.4, 0.5) is 5.69 Å². The van der Waals surface area contributed by atoms with Gasteiger partial charge in [0.1, 0.15) is 12.4 Å². The Morgan fingerprint density at radius 2 is 2.00 bits per heavy atom. The van der Waals surface area contributed by atoms with Gasteiger partial charge >= 0.3 is 0 Å². The van der Waals surface area contributed by atoms with Gasteiger partial charge in [-0.05, 0) is 48.0 Å². The summed E-state index contributed by atoms with van der Waals surface area (Å²) in [5.41, 5.74) is 2.39. The summed E-state index contributed by atoms with van der Waals surface area (Å²) >= 11 is 6.10.